The Morgan fingerprint density at radius 3 is 3.00 bits per heavy atom. The minimum absolute atomic E-state index is 0.651. The molecule has 0 unspecified atom stereocenters. The number of hydrogen-bond acceptors (Lipinski definition) is 3. The van der Waals surface area contributed by atoms with Gasteiger partial charge in [0.2, 0.25) is 0 Å². The summed E-state index contributed by atoms with van der Waals surface area (Å²) in [6.45, 7) is 8.46. The second kappa shape index (κ2) is 9.33. The molecule has 0 spiro atoms. The molecule has 2 rings (SSSR count). The molecule has 0 aromatic carbocycles. The fourth-order valence-corrected chi connectivity index (χ4v) is 3.13. The normalized spacial score (nSPS) is 25.8. The van der Waals surface area contributed by atoms with E-state index in [2.05, 4.69) is 22.8 Å². The molecule has 120 valence electrons. The van der Waals surface area contributed by atoms with Gasteiger partial charge in [0.05, 0.1) is 19.8 Å². The largest absolute Gasteiger partial charge is 0.370 e. The number of hydrogen-bond donors (Lipinski definition) is 3. The van der Waals surface area contributed by atoms with Crippen molar-refractivity contribution in [1.82, 2.24) is 10.7 Å². The Labute approximate surface area is 133 Å². The maximum absolute atomic E-state index is 5.36. The van der Waals surface area contributed by atoms with Crippen molar-refractivity contribution in [3.8, 4) is 0 Å². The van der Waals surface area contributed by atoms with Crippen molar-refractivity contribution in [3.05, 3.63) is 0 Å². The van der Waals surface area contributed by atoms with Crippen LogP contribution in [0.15, 0.2) is 5.10 Å². The maximum Gasteiger partial charge on any atom is 0.186 e. The summed E-state index contributed by atoms with van der Waals surface area (Å²) in [6.07, 6.45) is 5.93. The van der Waals surface area contributed by atoms with Crippen LogP contribution in [0.4, 0.5) is 0 Å². The Kier molecular flexibility index (Phi) is 7.39. The van der Waals surface area contributed by atoms with Crippen LogP contribution in [-0.4, -0.2) is 50.2 Å². The lowest BCUT2D eigenvalue weighted by Gasteiger charge is -2.23. The topological polar surface area (TPSA) is 50.1 Å². The summed E-state index contributed by atoms with van der Waals surface area (Å²) < 4.78 is 5.36. The Morgan fingerprint density at radius 1 is 1.43 bits per heavy atom. The van der Waals surface area contributed by atoms with E-state index in [9.17, 15) is 0 Å². The van der Waals surface area contributed by atoms with Gasteiger partial charge in [-0.1, -0.05) is 6.92 Å². The van der Waals surface area contributed by atoms with E-state index < -0.39 is 0 Å². The van der Waals surface area contributed by atoms with Gasteiger partial charge in [0.25, 0.3) is 0 Å². The second-order valence-electron chi connectivity index (χ2n) is 6.21. The van der Waals surface area contributed by atoms with Crippen molar-refractivity contribution in [2.45, 2.75) is 39.0 Å². The van der Waals surface area contributed by atoms with Crippen molar-refractivity contribution in [2.75, 3.05) is 39.4 Å². The van der Waals surface area contributed by atoms with Crippen LogP contribution in [0.1, 0.15) is 39.0 Å². The average Bonchev–Trinajstić information content (AvgIpc) is 2.51. The molecule has 0 aromatic rings. The first-order valence-electron chi connectivity index (χ1n) is 8.24. The Bertz CT molecular complexity index is 356. The summed E-state index contributed by atoms with van der Waals surface area (Å²) in [5, 5.41) is 8.34. The molecule has 3 N–H and O–H groups in total. The fraction of sp³-hybridized carbons (Fsp3) is 0.867. The van der Waals surface area contributed by atoms with Crippen LogP contribution in [0.2, 0.25) is 0 Å². The predicted octanol–water partition coefficient (Wildman–Crippen LogP) is 0.322. The first kappa shape index (κ1) is 16.6. The molecular formula is C15H29N4OS+. The van der Waals surface area contributed by atoms with Crippen LogP contribution < -0.4 is 15.6 Å². The third kappa shape index (κ3) is 6.72. The molecule has 1 atom stereocenters. The quantitative estimate of drug-likeness (QED) is 0.389. The average molecular weight is 313 g/mol. The molecule has 2 aliphatic rings. The number of nitrogens with zero attached hydrogens (tertiary/aromatic N) is 1. The molecule has 0 aromatic heterocycles. The standard InChI is InChI=1S/C15H28N4OS/c1-13-4-2-5-14(12-13)17-18-15(21)16-6-3-7-19-8-10-20-11-9-19/h13H,2-12H2,1H3,(H2,16,18,21)/p+1/b17-14-/t13-/m0/s1. The molecule has 0 amide bonds. The molecule has 1 aliphatic carbocycles. The van der Waals surface area contributed by atoms with Gasteiger partial charge in [0.15, 0.2) is 5.11 Å². The molecule has 1 aliphatic heterocycles. The summed E-state index contributed by atoms with van der Waals surface area (Å²) in [5.74, 6) is 0.761. The van der Waals surface area contributed by atoms with Crippen LogP contribution in [0.5, 0.6) is 0 Å². The number of quaternary nitrogens is 1. The van der Waals surface area contributed by atoms with Gasteiger partial charge >= 0.3 is 0 Å². The summed E-state index contributed by atoms with van der Waals surface area (Å²) in [6, 6.07) is 0. The molecule has 1 saturated heterocycles. The van der Waals surface area contributed by atoms with E-state index in [4.69, 9.17) is 17.0 Å². The zero-order valence-electron chi connectivity index (χ0n) is 13.1. The first-order chi connectivity index (χ1) is 10.2. The van der Waals surface area contributed by atoms with Crippen molar-refractivity contribution in [1.29, 1.82) is 0 Å². The molecule has 2 fully saturated rings. The molecule has 6 heteroatoms. The van der Waals surface area contributed by atoms with E-state index in [1.807, 2.05) is 0 Å². The van der Waals surface area contributed by atoms with E-state index in [0.29, 0.717) is 5.11 Å². The van der Waals surface area contributed by atoms with Crippen LogP contribution in [0.3, 0.4) is 0 Å². The second-order valence-corrected chi connectivity index (χ2v) is 6.62. The zero-order valence-corrected chi connectivity index (χ0v) is 13.9. The van der Waals surface area contributed by atoms with Gasteiger partial charge < -0.3 is 15.0 Å². The van der Waals surface area contributed by atoms with E-state index in [1.54, 1.807) is 4.90 Å². The highest BCUT2D eigenvalue weighted by atomic mass is 32.1. The molecule has 5 nitrogen and oxygen atoms in total. The third-order valence-electron chi connectivity index (χ3n) is 4.25. The summed E-state index contributed by atoms with van der Waals surface area (Å²) in [7, 11) is 0. The van der Waals surface area contributed by atoms with E-state index >= 15 is 0 Å². The van der Waals surface area contributed by atoms with Gasteiger partial charge in [-0.3, -0.25) is 5.43 Å². The van der Waals surface area contributed by atoms with Gasteiger partial charge in [-0.25, -0.2) is 0 Å². The minimum Gasteiger partial charge on any atom is -0.370 e. The van der Waals surface area contributed by atoms with Gasteiger partial charge in [-0.15, -0.1) is 0 Å². The highest BCUT2D eigenvalue weighted by Gasteiger charge is 2.14. The maximum atomic E-state index is 5.36. The lowest BCUT2D eigenvalue weighted by molar-refractivity contribution is -0.908. The monoisotopic (exact) mass is 313 g/mol. The number of rotatable bonds is 5. The Morgan fingerprint density at radius 2 is 2.24 bits per heavy atom. The number of morpholine rings is 1. The first-order valence-corrected chi connectivity index (χ1v) is 8.65. The van der Waals surface area contributed by atoms with Crippen LogP contribution in [0, 0.1) is 5.92 Å². The molecule has 0 radical (unpaired) electrons. The molecule has 0 bridgehead atoms. The van der Waals surface area contributed by atoms with Gasteiger partial charge in [0.1, 0.15) is 13.1 Å². The Balaban J connectivity index is 1.53. The van der Waals surface area contributed by atoms with Crippen molar-refractivity contribution < 1.29 is 9.64 Å². The van der Waals surface area contributed by atoms with Crippen LogP contribution in [-0.2, 0) is 4.74 Å². The predicted molar refractivity (Wildman–Crippen MR) is 89.8 cm³/mol. The highest BCUT2D eigenvalue weighted by molar-refractivity contribution is 7.80. The smallest absolute Gasteiger partial charge is 0.186 e. The summed E-state index contributed by atoms with van der Waals surface area (Å²) in [5.41, 5.74) is 4.25. The van der Waals surface area contributed by atoms with Crippen molar-refractivity contribution >= 4 is 23.0 Å². The summed E-state index contributed by atoms with van der Waals surface area (Å²) >= 11 is 5.27. The van der Waals surface area contributed by atoms with Gasteiger partial charge in [0, 0.05) is 18.7 Å². The van der Waals surface area contributed by atoms with Crippen molar-refractivity contribution in [2.24, 2.45) is 11.0 Å². The van der Waals surface area contributed by atoms with E-state index in [0.717, 1.165) is 58.0 Å². The Hall–Kier alpha value is -0.720. The van der Waals surface area contributed by atoms with Crippen molar-refractivity contribution in [3.63, 3.8) is 0 Å². The lowest BCUT2D eigenvalue weighted by atomic mass is 9.89. The van der Waals surface area contributed by atoms with E-state index in [-0.39, 0.29) is 0 Å². The number of ether oxygens (including phenoxy) is 1. The summed E-state index contributed by atoms with van der Waals surface area (Å²) in [4.78, 5) is 1.64. The molecule has 21 heavy (non-hydrogen) atoms. The molecular weight excluding hydrogens is 284 g/mol. The number of thiocarbonyl (C=S) groups is 1. The zero-order chi connectivity index (χ0) is 14.9. The minimum atomic E-state index is 0.651. The third-order valence-corrected chi connectivity index (χ3v) is 4.49. The van der Waals surface area contributed by atoms with Crippen LogP contribution >= 0.6 is 12.2 Å². The fourth-order valence-electron chi connectivity index (χ4n) is 2.98. The SMILES string of the molecule is C[C@H]1CCC/C(=N/NC(=S)NCCC[NH+]2CCOCC2)C1. The molecule has 1 saturated carbocycles. The highest BCUT2D eigenvalue weighted by Crippen LogP contribution is 2.20. The lowest BCUT2D eigenvalue weighted by Crippen LogP contribution is -3.14. The molecule has 1 heterocycles. The number of nitrogens with one attached hydrogen (secondary N) is 3. The van der Waals surface area contributed by atoms with E-state index in [1.165, 1.54) is 25.1 Å². The van der Waals surface area contributed by atoms with Crippen LogP contribution in [0.25, 0.3) is 0 Å². The number of hydrazone groups is 1. The van der Waals surface area contributed by atoms with Gasteiger partial charge in [-0.2, -0.15) is 5.10 Å². The van der Waals surface area contributed by atoms with Gasteiger partial charge in [-0.05, 0) is 43.8 Å².